The molecule has 0 heterocycles. The van der Waals surface area contributed by atoms with E-state index in [-0.39, 0.29) is 23.5 Å². The molecule has 1 amide bonds. The van der Waals surface area contributed by atoms with Crippen molar-refractivity contribution in [2.24, 2.45) is 16.4 Å². The molecule has 1 atom stereocenters. The van der Waals surface area contributed by atoms with Crippen LogP contribution in [0.3, 0.4) is 0 Å². The second-order valence-corrected chi connectivity index (χ2v) is 7.08. The van der Waals surface area contributed by atoms with Gasteiger partial charge in [0.15, 0.2) is 12.4 Å². The number of amides is 1. The van der Waals surface area contributed by atoms with Crippen molar-refractivity contribution in [3.8, 4) is 5.75 Å². The van der Waals surface area contributed by atoms with Gasteiger partial charge in [0, 0.05) is 11.8 Å². The van der Waals surface area contributed by atoms with Gasteiger partial charge in [-0.05, 0) is 36.7 Å². The third-order valence-electron chi connectivity index (χ3n) is 3.93. The summed E-state index contributed by atoms with van der Waals surface area (Å²) in [6.45, 7) is 6.24. The summed E-state index contributed by atoms with van der Waals surface area (Å²) < 4.78 is 5.24. The second-order valence-electron chi connectivity index (χ2n) is 7.08. The average Bonchev–Trinajstić information content (AvgIpc) is 2.49. The van der Waals surface area contributed by atoms with Gasteiger partial charge in [-0.2, -0.15) is 5.10 Å². The number of hydrogen-bond donors (Lipinski definition) is 1. The molecule has 1 fully saturated rings. The number of nitro benzene ring substituents is 1. The van der Waals surface area contributed by atoms with Crippen LogP contribution in [-0.4, -0.2) is 23.1 Å². The second kappa shape index (κ2) is 7.42. The lowest BCUT2D eigenvalue weighted by molar-refractivity contribution is -0.385. The molecule has 0 spiro atoms. The summed E-state index contributed by atoms with van der Waals surface area (Å²) in [5.41, 5.74) is 3.47. The van der Waals surface area contributed by atoms with Gasteiger partial charge in [-0.3, -0.25) is 14.9 Å². The summed E-state index contributed by atoms with van der Waals surface area (Å²) in [6.07, 6.45) is 2.86. The van der Waals surface area contributed by atoms with E-state index in [1.165, 1.54) is 12.1 Å². The predicted molar refractivity (Wildman–Crippen MR) is 91.0 cm³/mol. The largest absolute Gasteiger partial charge is 0.477 e. The molecule has 1 saturated carbocycles. The summed E-state index contributed by atoms with van der Waals surface area (Å²) in [4.78, 5) is 22.2. The van der Waals surface area contributed by atoms with Crippen molar-refractivity contribution in [2.45, 2.75) is 40.0 Å². The zero-order chi connectivity index (χ0) is 17.7. The molecule has 7 heteroatoms. The number of ether oxygens (including phenoxy) is 1. The number of hydrogen-bond acceptors (Lipinski definition) is 5. The Morgan fingerprint density at radius 3 is 2.83 bits per heavy atom. The van der Waals surface area contributed by atoms with Gasteiger partial charge in [-0.25, -0.2) is 5.43 Å². The fourth-order valence-electron chi connectivity index (χ4n) is 3.25. The fourth-order valence-corrected chi connectivity index (χ4v) is 3.25. The summed E-state index contributed by atoms with van der Waals surface area (Å²) in [5.74, 6) is 0.169. The minimum atomic E-state index is -0.543. The molecule has 1 aromatic carbocycles. The third-order valence-corrected chi connectivity index (χ3v) is 3.93. The zero-order valence-corrected chi connectivity index (χ0v) is 14.2. The van der Waals surface area contributed by atoms with Crippen molar-refractivity contribution in [1.29, 1.82) is 0 Å². The number of rotatable bonds is 5. The Kier molecular flexibility index (Phi) is 5.54. The lowest BCUT2D eigenvalue weighted by Gasteiger charge is -2.34. The van der Waals surface area contributed by atoms with Crippen LogP contribution in [0.15, 0.2) is 29.4 Å². The monoisotopic (exact) mass is 333 g/mol. The lowest BCUT2D eigenvalue weighted by Crippen LogP contribution is -2.31. The summed E-state index contributed by atoms with van der Waals surface area (Å²) >= 11 is 0. The Morgan fingerprint density at radius 1 is 1.46 bits per heavy atom. The van der Waals surface area contributed by atoms with Gasteiger partial charge in [0.1, 0.15) is 0 Å². The van der Waals surface area contributed by atoms with E-state index < -0.39 is 10.8 Å². The molecule has 0 aromatic heterocycles. The van der Waals surface area contributed by atoms with E-state index in [0.717, 1.165) is 25.0 Å². The van der Waals surface area contributed by atoms with Crippen LogP contribution < -0.4 is 10.2 Å². The van der Waals surface area contributed by atoms with Crippen molar-refractivity contribution in [2.75, 3.05) is 6.61 Å². The Morgan fingerprint density at radius 2 is 2.17 bits per heavy atom. The van der Waals surface area contributed by atoms with Crippen LogP contribution in [0, 0.1) is 21.4 Å². The number of carbonyl (C=O) groups excluding carboxylic acids is 1. The number of hydrazone groups is 1. The first-order chi connectivity index (χ1) is 11.3. The Labute approximate surface area is 141 Å². The standard InChI is InChI=1S/C17H23N3O4/c1-12-8-13(10-17(2,3)9-12)18-19-16(21)11-24-15-7-5-4-6-14(15)20(22)23/h4-7,12H,8-11H2,1-3H3,(H,19,21)/b18-13-/t12-/m1/s1. The molecule has 1 aliphatic rings. The van der Waals surface area contributed by atoms with E-state index in [9.17, 15) is 14.9 Å². The number of carbonyl (C=O) groups is 1. The Hall–Kier alpha value is -2.44. The molecule has 1 aliphatic carbocycles. The highest BCUT2D eigenvalue weighted by molar-refractivity contribution is 5.87. The summed E-state index contributed by atoms with van der Waals surface area (Å²) in [6, 6.07) is 5.95. The molecule has 130 valence electrons. The molecular weight excluding hydrogens is 310 g/mol. The Balaban J connectivity index is 1.90. The molecule has 0 unspecified atom stereocenters. The maximum atomic E-state index is 11.9. The van der Waals surface area contributed by atoms with Gasteiger partial charge in [0.2, 0.25) is 0 Å². The topological polar surface area (TPSA) is 93.8 Å². The molecule has 7 nitrogen and oxygen atoms in total. The molecular formula is C17H23N3O4. The predicted octanol–water partition coefficient (Wildman–Crippen LogP) is 3.29. The van der Waals surface area contributed by atoms with Gasteiger partial charge in [0.05, 0.1) is 4.92 Å². The first-order valence-corrected chi connectivity index (χ1v) is 7.97. The van der Waals surface area contributed by atoms with E-state index in [4.69, 9.17) is 4.74 Å². The van der Waals surface area contributed by atoms with Crippen LogP contribution in [-0.2, 0) is 4.79 Å². The van der Waals surface area contributed by atoms with E-state index in [1.807, 2.05) is 0 Å². The van der Waals surface area contributed by atoms with Crippen LogP contribution >= 0.6 is 0 Å². The smallest absolute Gasteiger partial charge is 0.310 e. The summed E-state index contributed by atoms with van der Waals surface area (Å²) in [5, 5.41) is 15.1. The van der Waals surface area contributed by atoms with Crippen molar-refractivity contribution in [3.05, 3.63) is 34.4 Å². The normalized spacial score (nSPS) is 21.3. The number of para-hydroxylation sites is 2. The van der Waals surface area contributed by atoms with Gasteiger partial charge >= 0.3 is 5.69 Å². The molecule has 0 saturated heterocycles. The molecule has 0 radical (unpaired) electrons. The van der Waals surface area contributed by atoms with Gasteiger partial charge in [-0.15, -0.1) is 0 Å². The van der Waals surface area contributed by atoms with Crippen molar-refractivity contribution < 1.29 is 14.5 Å². The molecule has 1 N–H and O–H groups in total. The number of nitro groups is 1. The zero-order valence-electron chi connectivity index (χ0n) is 14.2. The van der Waals surface area contributed by atoms with E-state index in [1.54, 1.807) is 12.1 Å². The number of nitrogens with zero attached hydrogens (tertiary/aromatic N) is 2. The van der Waals surface area contributed by atoms with E-state index >= 15 is 0 Å². The Bertz CT molecular complexity index is 655. The molecule has 24 heavy (non-hydrogen) atoms. The van der Waals surface area contributed by atoms with Crippen LogP contribution in [0.2, 0.25) is 0 Å². The van der Waals surface area contributed by atoms with Crippen molar-refractivity contribution >= 4 is 17.3 Å². The van der Waals surface area contributed by atoms with Gasteiger partial charge in [-0.1, -0.05) is 32.9 Å². The maximum absolute atomic E-state index is 11.9. The molecule has 0 aliphatic heterocycles. The molecule has 0 bridgehead atoms. The van der Waals surface area contributed by atoms with Gasteiger partial charge in [0.25, 0.3) is 5.91 Å². The van der Waals surface area contributed by atoms with Crippen LogP contribution in [0.5, 0.6) is 5.75 Å². The molecule has 2 rings (SSSR count). The first-order valence-electron chi connectivity index (χ1n) is 7.97. The van der Waals surface area contributed by atoms with Crippen molar-refractivity contribution in [1.82, 2.24) is 5.43 Å². The maximum Gasteiger partial charge on any atom is 0.310 e. The minimum Gasteiger partial charge on any atom is -0.477 e. The third kappa shape index (κ3) is 5.04. The van der Waals surface area contributed by atoms with Crippen molar-refractivity contribution in [3.63, 3.8) is 0 Å². The lowest BCUT2D eigenvalue weighted by atomic mass is 9.72. The van der Waals surface area contributed by atoms with Crippen LogP contribution in [0.25, 0.3) is 0 Å². The number of nitrogens with one attached hydrogen (secondary N) is 1. The SMILES string of the molecule is C[C@@H]1C/C(=N/NC(=O)COc2ccccc2[N+](=O)[O-])CC(C)(C)C1. The minimum absolute atomic E-state index is 0.0673. The summed E-state index contributed by atoms with van der Waals surface area (Å²) in [7, 11) is 0. The number of benzene rings is 1. The quantitative estimate of drug-likeness (QED) is 0.661. The van der Waals surface area contributed by atoms with Crippen LogP contribution in [0.4, 0.5) is 5.69 Å². The molecule has 1 aromatic rings. The van der Waals surface area contributed by atoms with E-state index in [0.29, 0.717) is 5.92 Å². The average molecular weight is 333 g/mol. The highest BCUT2D eigenvalue weighted by Gasteiger charge is 2.29. The van der Waals surface area contributed by atoms with Gasteiger partial charge < -0.3 is 4.74 Å². The van der Waals surface area contributed by atoms with E-state index in [2.05, 4.69) is 31.3 Å². The van der Waals surface area contributed by atoms with Crippen LogP contribution in [0.1, 0.15) is 40.0 Å². The first kappa shape index (κ1) is 17.9. The highest BCUT2D eigenvalue weighted by Crippen LogP contribution is 2.36. The highest BCUT2D eigenvalue weighted by atomic mass is 16.6. The fraction of sp³-hybridized carbons (Fsp3) is 0.529.